The molecule has 5 heteroatoms. The van der Waals surface area contributed by atoms with Crippen molar-refractivity contribution in [3.05, 3.63) is 0 Å². The van der Waals surface area contributed by atoms with Crippen molar-refractivity contribution < 1.29 is 9.59 Å². The number of rotatable bonds is 5. The van der Waals surface area contributed by atoms with E-state index in [-0.39, 0.29) is 17.9 Å². The lowest BCUT2D eigenvalue weighted by molar-refractivity contribution is -0.129. The maximum atomic E-state index is 12.1. The number of amides is 2. The molecule has 0 aromatic rings. The molecule has 2 N–H and O–H groups in total. The van der Waals surface area contributed by atoms with Crippen LogP contribution in [0, 0.1) is 5.92 Å². The first-order valence-corrected chi connectivity index (χ1v) is 8.48. The summed E-state index contributed by atoms with van der Waals surface area (Å²) in [4.78, 5) is 26.4. The molecule has 1 atom stereocenters. The smallest absolute Gasteiger partial charge is 0.242 e. The third-order valence-electron chi connectivity index (χ3n) is 4.59. The Morgan fingerprint density at radius 1 is 1.29 bits per heavy atom. The van der Waals surface area contributed by atoms with E-state index in [2.05, 4.69) is 22.5 Å². The molecule has 0 bridgehead atoms. The highest BCUT2D eigenvalue weighted by atomic mass is 16.2. The number of carbonyl (C=O) groups excluding carboxylic acids is 2. The molecule has 0 aliphatic carbocycles. The summed E-state index contributed by atoms with van der Waals surface area (Å²) in [5, 5.41) is 5.79. The van der Waals surface area contributed by atoms with Crippen LogP contribution in [0.3, 0.4) is 0 Å². The summed E-state index contributed by atoms with van der Waals surface area (Å²) in [7, 11) is 0. The van der Waals surface area contributed by atoms with Gasteiger partial charge in [-0.2, -0.15) is 0 Å². The third-order valence-corrected chi connectivity index (χ3v) is 4.59. The number of carbonyl (C=O) groups is 2. The average Bonchev–Trinajstić information content (AvgIpc) is 2.67. The van der Waals surface area contributed by atoms with Gasteiger partial charge in [0.15, 0.2) is 0 Å². The van der Waals surface area contributed by atoms with Gasteiger partial charge in [0.1, 0.15) is 6.04 Å². The molecule has 2 fully saturated rings. The SMILES string of the molecule is CCCN1CCC(CC(=O)N[C@@H]2CCCCNC2=O)CC1. The Balaban J connectivity index is 1.71. The van der Waals surface area contributed by atoms with E-state index in [0.717, 1.165) is 51.7 Å². The Morgan fingerprint density at radius 2 is 2.05 bits per heavy atom. The highest BCUT2D eigenvalue weighted by Gasteiger charge is 2.25. The second-order valence-corrected chi connectivity index (χ2v) is 6.40. The maximum Gasteiger partial charge on any atom is 0.242 e. The predicted octanol–water partition coefficient (Wildman–Crippen LogP) is 1.28. The van der Waals surface area contributed by atoms with Crippen molar-refractivity contribution >= 4 is 11.8 Å². The van der Waals surface area contributed by atoms with Crippen LogP contribution in [0.1, 0.15) is 51.9 Å². The normalized spacial score (nSPS) is 25.2. The number of likely N-dealkylation sites (tertiary alicyclic amines) is 1. The van der Waals surface area contributed by atoms with E-state index >= 15 is 0 Å². The third kappa shape index (κ3) is 5.30. The maximum absolute atomic E-state index is 12.1. The average molecular weight is 295 g/mol. The number of piperidine rings is 1. The van der Waals surface area contributed by atoms with Gasteiger partial charge in [0, 0.05) is 13.0 Å². The van der Waals surface area contributed by atoms with Gasteiger partial charge in [-0.1, -0.05) is 6.92 Å². The molecule has 0 aromatic heterocycles. The van der Waals surface area contributed by atoms with Gasteiger partial charge in [0.25, 0.3) is 0 Å². The molecule has 2 aliphatic heterocycles. The van der Waals surface area contributed by atoms with Crippen molar-refractivity contribution in [1.29, 1.82) is 0 Å². The summed E-state index contributed by atoms with van der Waals surface area (Å²) in [6.45, 7) is 6.32. The van der Waals surface area contributed by atoms with E-state index in [1.165, 1.54) is 13.0 Å². The minimum Gasteiger partial charge on any atom is -0.354 e. The number of hydrogen-bond donors (Lipinski definition) is 2. The van der Waals surface area contributed by atoms with Crippen LogP contribution in [0.4, 0.5) is 0 Å². The zero-order valence-corrected chi connectivity index (χ0v) is 13.2. The number of nitrogens with zero attached hydrogens (tertiary/aromatic N) is 1. The van der Waals surface area contributed by atoms with E-state index in [0.29, 0.717) is 12.3 Å². The van der Waals surface area contributed by atoms with Crippen LogP contribution < -0.4 is 10.6 Å². The Morgan fingerprint density at radius 3 is 2.76 bits per heavy atom. The zero-order valence-electron chi connectivity index (χ0n) is 13.2. The first kappa shape index (κ1) is 16.3. The van der Waals surface area contributed by atoms with Gasteiger partial charge >= 0.3 is 0 Å². The summed E-state index contributed by atoms with van der Waals surface area (Å²) >= 11 is 0. The molecule has 0 radical (unpaired) electrons. The standard InChI is InChI=1S/C16H29N3O2/c1-2-9-19-10-6-13(7-11-19)12-15(20)18-14-5-3-4-8-17-16(14)21/h13-14H,2-12H2,1H3,(H,17,21)(H,18,20)/t14-/m1/s1. The van der Waals surface area contributed by atoms with Crippen molar-refractivity contribution in [3.8, 4) is 0 Å². The van der Waals surface area contributed by atoms with E-state index in [9.17, 15) is 9.59 Å². The predicted molar refractivity (Wildman–Crippen MR) is 82.9 cm³/mol. The zero-order chi connectivity index (χ0) is 15.1. The van der Waals surface area contributed by atoms with Crippen LogP contribution in [-0.4, -0.2) is 48.9 Å². The van der Waals surface area contributed by atoms with Gasteiger partial charge in [-0.25, -0.2) is 0 Å². The fourth-order valence-corrected chi connectivity index (χ4v) is 3.32. The fourth-order valence-electron chi connectivity index (χ4n) is 3.32. The summed E-state index contributed by atoms with van der Waals surface area (Å²) in [6, 6.07) is -0.319. The lowest BCUT2D eigenvalue weighted by Gasteiger charge is -2.31. The van der Waals surface area contributed by atoms with Crippen LogP contribution in [0.5, 0.6) is 0 Å². The van der Waals surface area contributed by atoms with Gasteiger partial charge in [-0.15, -0.1) is 0 Å². The van der Waals surface area contributed by atoms with Gasteiger partial charge in [0.2, 0.25) is 11.8 Å². The summed E-state index contributed by atoms with van der Waals surface area (Å²) < 4.78 is 0. The lowest BCUT2D eigenvalue weighted by Crippen LogP contribution is -2.46. The molecule has 5 nitrogen and oxygen atoms in total. The fraction of sp³-hybridized carbons (Fsp3) is 0.875. The monoisotopic (exact) mass is 295 g/mol. The molecule has 2 amide bonds. The molecule has 0 spiro atoms. The topological polar surface area (TPSA) is 61.4 Å². The Bertz CT molecular complexity index is 351. The Hall–Kier alpha value is -1.10. The molecule has 2 aliphatic rings. The van der Waals surface area contributed by atoms with Crippen LogP contribution in [-0.2, 0) is 9.59 Å². The summed E-state index contributed by atoms with van der Waals surface area (Å²) in [5.74, 6) is 0.511. The van der Waals surface area contributed by atoms with Crippen molar-refractivity contribution in [2.24, 2.45) is 5.92 Å². The van der Waals surface area contributed by atoms with Gasteiger partial charge < -0.3 is 15.5 Å². The van der Waals surface area contributed by atoms with Crippen molar-refractivity contribution in [3.63, 3.8) is 0 Å². The highest BCUT2D eigenvalue weighted by Crippen LogP contribution is 2.20. The first-order valence-electron chi connectivity index (χ1n) is 8.48. The quantitative estimate of drug-likeness (QED) is 0.803. The van der Waals surface area contributed by atoms with E-state index in [1.54, 1.807) is 0 Å². The molecule has 120 valence electrons. The highest BCUT2D eigenvalue weighted by molar-refractivity contribution is 5.87. The van der Waals surface area contributed by atoms with E-state index < -0.39 is 0 Å². The van der Waals surface area contributed by atoms with E-state index in [1.807, 2.05) is 0 Å². The minimum absolute atomic E-state index is 0.0152. The van der Waals surface area contributed by atoms with E-state index in [4.69, 9.17) is 0 Å². The van der Waals surface area contributed by atoms with Crippen LogP contribution in [0.15, 0.2) is 0 Å². The number of nitrogens with one attached hydrogen (secondary N) is 2. The van der Waals surface area contributed by atoms with Gasteiger partial charge in [-0.3, -0.25) is 9.59 Å². The Kier molecular flexibility index (Phi) is 6.49. The Labute approximate surface area is 127 Å². The summed E-state index contributed by atoms with van der Waals surface area (Å²) in [5.41, 5.74) is 0. The van der Waals surface area contributed by atoms with Crippen molar-refractivity contribution in [2.45, 2.75) is 57.9 Å². The van der Waals surface area contributed by atoms with Gasteiger partial charge in [0.05, 0.1) is 0 Å². The number of hydrogen-bond acceptors (Lipinski definition) is 3. The van der Waals surface area contributed by atoms with Crippen LogP contribution in [0.2, 0.25) is 0 Å². The lowest BCUT2D eigenvalue weighted by atomic mass is 9.93. The molecular formula is C16H29N3O2. The van der Waals surface area contributed by atoms with Crippen molar-refractivity contribution in [1.82, 2.24) is 15.5 Å². The molecular weight excluding hydrogens is 266 g/mol. The first-order chi connectivity index (χ1) is 10.2. The molecule has 2 heterocycles. The largest absolute Gasteiger partial charge is 0.354 e. The molecule has 0 unspecified atom stereocenters. The molecule has 0 saturated carbocycles. The molecule has 21 heavy (non-hydrogen) atoms. The minimum atomic E-state index is -0.319. The van der Waals surface area contributed by atoms with Gasteiger partial charge in [-0.05, 0) is 64.1 Å². The second-order valence-electron chi connectivity index (χ2n) is 6.40. The molecule has 2 rings (SSSR count). The second kappa shape index (κ2) is 8.37. The van der Waals surface area contributed by atoms with Crippen LogP contribution >= 0.6 is 0 Å². The van der Waals surface area contributed by atoms with Crippen molar-refractivity contribution in [2.75, 3.05) is 26.2 Å². The molecule has 2 saturated heterocycles. The molecule has 0 aromatic carbocycles. The summed E-state index contributed by atoms with van der Waals surface area (Å²) in [6.07, 6.45) is 6.75. The van der Waals surface area contributed by atoms with Crippen LogP contribution in [0.25, 0.3) is 0 Å².